The molecule has 2 saturated heterocycles. The van der Waals surface area contributed by atoms with Crippen molar-refractivity contribution in [3.05, 3.63) is 83.4 Å². The van der Waals surface area contributed by atoms with Crippen LogP contribution in [0.15, 0.2) is 66.7 Å². The number of carbonyl (C=O) groups excluding carboxylic acids is 3. The highest BCUT2D eigenvalue weighted by atomic mass is 19.4. The Morgan fingerprint density at radius 1 is 0.963 bits per heavy atom. The van der Waals surface area contributed by atoms with E-state index in [-0.39, 0.29) is 35.9 Å². The normalized spacial score (nSPS) is 21.4. The van der Waals surface area contributed by atoms with Crippen molar-refractivity contribution in [2.24, 2.45) is 5.92 Å². The molecule has 14 heteroatoms. The minimum absolute atomic E-state index is 0.00182. The number of nitrogens with one attached hydrogen (secondary N) is 3. The number of hydrogen-bond acceptors (Lipinski definition) is 8. The third-order valence-corrected chi connectivity index (χ3v) is 11.2. The van der Waals surface area contributed by atoms with Crippen LogP contribution >= 0.6 is 0 Å². The molecule has 7 rings (SSSR count). The summed E-state index contributed by atoms with van der Waals surface area (Å²) >= 11 is 0. The van der Waals surface area contributed by atoms with Crippen LogP contribution < -0.4 is 20.9 Å². The van der Waals surface area contributed by atoms with Crippen molar-refractivity contribution in [2.45, 2.75) is 82.2 Å². The highest BCUT2D eigenvalue weighted by Gasteiger charge is 2.32. The Balaban J connectivity index is 1.04. The molecule has 1 aromatic heterocycles. The first-order valence-corrected chi connectivity index (χ1v) is 18.7. The Labute approximate surface area is 311 Å². The van der Waals surface area contributed by atoms with Gasteiger partial charge in [0.1, 0.15) is 6.04 Å². The lowest BCUT2D eigenvalue weighted by molar-refractivity contribution is -0.137. The SMILES string of the molecule is CN(Cc1cccc(NC2CCC(=O)NC2=O)c1)C1CCN(c2ccc3nc(NC(=O)c4cccc(C(F)(F)F)c4)n(C4CCC(CO)CC4)c3c2)CC1. The number of rotatable bonds is 10. The molecular weight excluding hydrogens is 699 g/mol. The Morgan fingerprint density at radius 2 is 1.72 bits per heavy atom. The van der Waals surface area contributed by atoms with Crippen LogP contribution in [0.5, 0.6) is 0 Å². The van der Waals surface area contributed by atoms with Gasteiger partial charge in [-0.1, -0.05) is 18.2 Å². The van der Waals surface area contributed by atoms with Crippen molar-refractivity contribution in [1.29, 1.82) is 0 Å². The summed E-state index contributed by atoms with van der Waals surface area (Å²) in [5.74, 6) is -0.680. The van der Waals surface area contributed by atoms with Crippen molar-refractivity contribution in [2.75, 3.05) is 42.3 Å². The molecule has 1 saturated carbocycles. The van der Waals surface area contributed by atoms with Crippen LogP contribution in [0.25, 0.3) is 11.0 Å². The number of aromatic nitrogens is 2. The van der Waals surface area contributed by atoms with Gasteiger partial charge in [-0.2, -0.15) is 13.2 Å². The molecule has 3 fully saturated rings. The number of anilines is 3. The number of hydrogen-bond donors (Lipinski definition) is 4. The number of nitrogens with zero attached hydrogens (tertiary/aromatic N) is 4. The molecule has 3 heterocycles. The minimum Gasteiger partial charge on any atom is -0.396 e. The van der Waals surface area contributed by atoms with Crippen LogP contribution in [0, 0.1) is 5.92 Å². The first-order valence-electron chi connectivity index (χ1n) is 18.7. The van der Waals surface area contributed by atoms with Crippen molar-refractivity contribution >= 4 is 46.1 Å². The van der Waals surface area contributed by atoms with E-state index in [0.29, 0.717) is 30.3 Å². The predicted molar refractivity (Wildman–Crippen MR) is 200 cm³/mol. The van der Waals surface area contributed by atoms with Gasteiger partial charge in [-0.25, -0.2) is 4.98 Å². The number of imide groups is 1. The molecule has 4 aromatic rings. The van der Waals surface area contributed by atoms with E-state index in [1.165, 1.54) is 12.1 Å². The second-order valence-corrected chi connectivity index (χ2v) is 14.8. The van der Waals surface area contributed by atoms with Crippen LogP contribution in [0.2, 0.25) is 0 Å². The van der Waals surface area contributed by atoms with E-state index >= 15 is 0 Å². The van der Waals surface area contributed by atoms with Crippen LogP contribution in [0.3, 0.4) is 0 Å². The van der Waals surface area contributed by atoms with E-state index in [1.54, 1.807) is 0 Å². The number of fused-ring (bicyclic) bond motifs is 1. The lowest BCUT2D eigenvalue weighted by Gasteiger charge is -2.38. The Hall–Kier alpha value is -4.95. The van der Waals surface area contributed by atoms with E-state index < -0.39 is 23.7 Å². The molecule has 11 nitrogen and oxygen atoms in total. The molecule has 54 heavy (non-hydrogen) atoms. The number of aliphatic hydroxyl groups is 1. The van der Waals surface area contributed by atoms with E-state index in [0.717, 1.165) is 92.7 Å². The second-order valence-electron chi connectivity index (χ2n) is 14.8. The number of aliphatic hydroxyl groups excluding tert-OH is 1. The van der Waals surface area contributed by atoms with Gasteiger partial charge >= 0.3 is 6.18 Å². The van der Waals surface area contributed by atoms with E-state index in [4.69, 9.17) is 4.98 Å². The summed E-state index contributed by atoms with van der Waals surface area (Å²) in [5, 5.41) is 18.3. The van der Waals surface area contributed by atoms with Crippen molar-refractivity contribution < 1.29 is 32.7 Å². The second kappa shape index (κ2) is 15.8. The van der Waals surface area contributed by atoms with Gasteiger partial charge in [-0.3, -0.25) is 29.9 Å². The fraction of sp³-hybridized carbons (Fsp3) is 0.450. The number of alkyl halides is 3. The molecule has 3 aromatic carbocycles. The zero-order chi connectivity index (χ0) is 38.0. The highest BCUT2D eigenvalue weighted by Crippen LogP contribution is 2.38. The van der Waals surface area contributed by atoms with Crippen molar-refractivity contribution in [1.82, 2.24) is 19.8 Å². The summed E-state index contributed by atoms with van der Waals surface area (Å²) < 4.78 is 42.3. The van der Waals surface area contributed by atoms with Gasteiger partial charge in [-0.15, -0.1) is 0 Å². The summed E-state index contributed by atoms with van der Waals surface area (Å²) in [4.78, 5) is 46.6. The number of imidazole rings is 1. The lowest BCUT2D eigenvalue weighted by Crippen LogP contribution is -2.47. The summed E-state index contributed by atoms with van der Waals surface area (Å²) in [6.45, 7) is 2.55. The van der Waals surface area contributed by atoms with Gasteiger partial charge in [0, 0.05) is 61.7 Å². The fourth-order valence-electron chi connectivity index (χ4n) is 8.11. The van der Waals surface area contributed by atoms with E-state index in [9.17, 15) is 32.7 Å². The van der Waals surface area contributed by atoms with Crippen LogP contribution in [-0.4, -0.2) is 76.1 Å². The average molecular weight is 746 g/mol. The van der Waals surface area contributed by atoms with Gasteiger partial charge in [0.25, 0.3) is 5.91 Å². The molecule has 3 aliphatic rings. The number of amides is 3. The topological polar surface area (TPSA) is 132 Å². The quantitative estimate of drug-likeness (QED) is 0.138. The summed E-state index contributed by atoms with van der Waals surface area (Å²) in [5.41, 5.74) is 3.56. The molecule has 1 aliphatic carbocycles. The smallest absolute Gasteiger partial charge is 0.396 e. The molecule has 0 bridgehead atoms. The lowest BCUT2D eigenvalue weighted by atomic mass is 9.86. The highest BCUT2D eigenvalue weighted by molar-refractivity contribution is 6.04. The maximum absolute atomic E-state index is 13.4. The number of carbonyl (C=O) groups is 3. The molecular formula is C40H46F3N7O4. The summed E-state index contributed by atoms with van der Waals surface area (Å²) in [6.07, 6.45) is 1.32. The zero-order valence-electron chi connectivity index (χ0n) is 30.2. The summed E-state index contributed by atoms with van der Waals surface area (Å²) in [6, 6.07) is 18.4. The number of piperidine rings is 2. The molecule has 0 spiro atoms. The van der Waals surface area contributed by atoms with E-state index in [1.807, 2.05) is 28.8 Å². The molecule has 0 radical (unpaired) electrons. The Morgan fingerprint density at radius 3 is 2.44 bits per heavy atom. The maximum atomic E-state index is 13.4. The summed E-state index contributed by atoms with van der Waals surface area (Å²) in [7, 11) is 2.13. The Bertz CT molecular complexity index is 2000. The molecule has 286 valence electrons. The van der Waals surface area contributed by atoms with Gasteiger partial charge < -0.3 is 19.9 Å². The fourth-order valence-corrected chi connectivity index (χ4v) is 8.11. The average Bonchev–Trinajstić information content (AvgIpc) is 3.52. The predicted octanol–water partition coefficient (Wildman–Crippen LogP) is 6.35. The minimum atomic E-state index is -4.57. The maximum Gasteiger partial charge on any atom is 0.416 e. The molecule has 4 N–H and O–H groups in total. The third-order valence-electron chi connectivity index (χ3n) is 11.2. The molecule has 2 aliphatic heterocycles. The molecule has 1 unspecified atom stereocenters. The first-order chi connectivity index (χ1) is 25.9. The monoisotopic (exact) mass is 745 g/mol. The van der Waals surface area contributed by atoms with Crippen LogP contribution in [-0.2, 0) is 22.3 Å². The Kier molecular flexibility index (Phi) is 10.9. The van der Waals surface area contributed by atoms with Crippen LogP contribution in [0.1, 0.15) is 78.9 Å². The van der Waals surface area contributed by atoms with Gasteiger partial charge in [0.2, 0.25) is 17.8 Å². The third kappa shape index (κ3) is 8.39. The first kappa shape index (κ1) is 37.4. The number of halogens is 3. The zero-order valence-corrected chi connectivity index (χ0v) is 30.2. The standard InChI is InChI=1S/C40H46F3N7O4/c1-48(23-26-4-2-7-29(20-26)44-34-14-15-36(52)46-38(34)54)30-16-18-49(19-17-30)32-12-13-33-35(22-32)50(31-10-8-25(24-51)9-11-31)39(45-33)47-37(53)27-5-3-6-28(21-27)40(41,42)43/h2-7,12-13,20-22,25,30-31,34,44,51H,8-11,14-19,23-24H2,1H3,(H,45,47,53)(H,46,52,54). The van der Waals surface area contributed by atoms with Crippen LogP contribution in [0.4, 0.5) is 30.5 Å². The van der Waals surface area contributed by atoms with E-state index in [2.05, 4.69) is 51.0 Å². The van der Waals surface area contributed by atoms with Crippen molar-refractivity contribution in [3.63, 3.8) is 0 Å². The van der Waals surface area contributed by atoms with Crippen molar-refractivity contribution in [3.8, 4) is 0 Å². The van der Waals surface area contributed by atoms with Gasteiger partial charge in [0.05, 0.1) is 16.6 Å². The number of benzene rings is 3. The van der Waals surface area contributed by atoms with Gasteiger partial charge in [-0.05, 0) is 112 Å². The van der Waals surface area contributed by atoms with Gasteiger partial charge in [0.15, 0.2) is 0 Å². The largest absolute Gasteiger partial charge is 0.416 e. The molecule has 1 atom stereocenters. The molecule has 3 amide bonds.